The van der Waals surface area contributed by atoms with E-state index in [0.717, 1.165) is 23.8 Å². The molecule has 4 nitrogen and oxygen atoms in total. The van der Waals surface area contributed by atoms with E-state index in [2.05, 4.69) is 29.7 Å². The van der Waals surface area contributed by atoms with Gasteiger partial charge < -0.3 is 10.1 Å². The normalized spacial score (nSPS) is 11.6. The zero-order chi connectivity index (χ0) is 20.6. The number of rotatable bonds is 7. The third kappa shape index (κ3) is 7.19. The van der Waals surface area contributed by atoms with Gasteiger partial charge in [-0.05, 0) is 66.5 Å². The minimum Gasteiger partial charge on any atom is -0.494 e. The number of halogens is 3. The number of hydrazone groups is 1. The lowest BCUT2D eigenvalue weighted by Crippen LogP contribution is -2.25. The fourth-order valence-electron chi connectivity index (χ4n) is 2.22. The highest BCUT2D eigenvalue weighted by Gasteiger charge is 2.33. The molecule has 0 aliphatic heterocycles. The van der Waals surface area contributed by atoms with Gasteiger partial charge in [0.05, 0.1) is 24.1 Å². The van der Waals surface area contributed by atoms with Crippen molar-refractivity contribution >= 4 is 29.2 Å². The minimum atomic E-state index is -4.47. The largest absolute Gasteiger partial charge is 0.494 e. The Morgan fingerprint density at radius 2 is 1.82 bits per heavy atom. The summed E-state index contributed by atoms with van der Waals surface area (Å²) >= 11 is 5.00. The Bertz CT molecular complexity index is 805. The predicted molar refractivity (Wildman–Crippen MR) is 110 cm³/mol. The second-order valence-electron chi connectivity index (χ2n) is 6.47. The van der Waals surface area contributed by atoms with Crippen LogP contribution >= 0.6 is 12.2 Å². The summed E-state index contributed by atoms with van der Waals surface area (Å²) in [5, 5.41) is 6.41. The van der Waals surface area contributed by atoms with Crippen molar-refractivity contribution in [3.63, 3.8) is 0 Å². The molecule has 0 aliphatic carbocycles. The first kappa shape index (κ1) is 21.7. The van der Waals surface area contributed by atoms with Gasteiger partial charge in [-0.3, -0.25) is 5.43 Å². The van der Waals surface area contributed by atoms with Crippen LogP contribution in [0.15, 0.2) is 53.6 Å². The van der Waals surface area contributed by atoms with Gasteiger partial charge in [0.1, 0.15) is 5.75 Å². The Balaban J connectivity index is 1.87. The molecule has 8 heteroatoms. The first-order valence-electron chi connectivity index (χ1n) is 8.75. The van der Waals surface area contributed by atoms with Crippen LogP contribution in [0, 0.1) is 5.92 Å². The smallest absolute Gasteiger partial charge is 0.418 e. The third-order valence-corrected chi connectivity index (χ3v) is 3.90. The van der Waals surface area contributed by atoms with Crippen LogP contribution in [0.25, 0.3) is 0 Å². The van der Waals surface area contributed by atoms with Crippen molar-refractivity contribution < 1.29 is 17.9 Å². The van der Waals surface area contributed by atoms with Gasteiger partial charge in [-0.25, -0.2) is 0 Å². The van der Waals surface area contributed by atoms with E-state index in [1.165, 1.54) is 24.4 Å². The van der Waals surface area contributed by atoms with E-state index in [9.17, 15) is 13.2 Å². The second-order valence-corrected chi connectivity index (χ2v) is 6.88. The molecule has 2 aromatic rings. The lowest BCUT2D eigenvalue weighted by atomic mass is 10.1. The maximum atomic E-state index is 13.0. The molecule has 0 atom stereocenters. The van der Waals surface area contributed by atoms with E-state index in [-0.39, 0.29) is 10.8 Å². The van der Waals surface area contributed by atoms with Crippen molar-refractivity contribution in [3.05, 3.63) is 59.7 Å². The summed E-state index contributed by atoms with van der Waals surface area (Å²) in [6, 6.07) is 12.4. The first-order valence-corrected chi connectivity index (χ1v) is 9.15. The zero-order valence-corrected chi connectivity index (χ0v) is 16.4. The average Bonchev–Trinajstić information content (AvgIpc) is 2.62. The van der Waals surface area contributed by atoms with Gasteiger partial charge in [0, 0.05) is 0 Å². The number of thiocarbonyl (C=S) groups is 1. The average molecular weight is 409 g/mol. The van der Waals surface area contributed by atoms with Gasteiger partial charge in [0.25, 0.3) is 0 Å². The van der Waals surface area contributed by atoms with Crippen molar-refractivity contribution in [3.8, 4) is 5.75 Å². The molecule has 2 rings (SSSR count). The first-order chi connectivity index (χ1) is 13.3. The van der Waals surface area contributed by atoms with Crippen molar-refractivity contribution in [2.75, 3.05) is 11.9 Å². The quantitative estimate of drug-likeness (QED) is 0.363. The van der Waals surface area contributed by atoms with Crippen LogP contribution in [0.5, 0.6) is 5.75 Å². The van der Waals surface area contributed by atoms with Gasteiger partial charge in [-0.1, -0.05) is 26.0 Å². The van der Waals surface area contributed by atoms with Crippen LogP contribution in [0.4, 0.5) is 18.9 Å². The molecule has 0 amide bonds. The minimum absolute atomic E-state index is 0.0402. The van der Waals surface area contributed by atoms with E-state index in [4.69, 9.17) is 17.0 Å². The highest BCUT2D eigenvalue weighted by molar-refractivity contribution is 7.80. The Morgan fingerprint density at radius 1 is 1.14 bits per heavy atom. The summed E-state index contributed by atoms with van der Waals surface area (Å²) in [4.78, 5) is 0. The molecule has 0 unspecified atom stereocenters. The number of para-hydroxylation sites is 1. The number of benzene rings is 2. The number of anilines is 1. The summed E-state index contributed by atoms with van der Waals surface area (Å²) in [6.45, 7) is 4.93. The number of nitrogens with one attached hydrogen (secondary N) is 2. The SMILES string of the molecule is CC(C)CCOc1ccc(/C=N\NC(=S)Nc2ccccc2C(F)(F)F)cc1. The Morgan fingerprint density at radius 3 is 2.46 bits per heavy atom. The van der Waals surface area contributed by atoms with Crippen molar-refractivity contribution in [2.45, 2.75) is 26.4 Å². The van der Waals surface area contributed by atoms with Gasteiger partial charge in [0.2, 0.25) is 0 Å². The fraction of sp³-hybridized carbons (Fsp3) is 0.300. The van der Waals surface area contributed by atoms with Crippen LogP contribution in [0.1, 0.15) is 31.4 Å². The molecule has 0 aromatic heterocycles. The number of hydrogen-bond acceptors (Lipinski definition) is 3. The molecular weight excluding hydrogens is 387 g/mol. The number of alkyl halides is 3. The fourth-order valence-corrected chi connectivity index (χ4v) is 2.38. The van der Waals surface area contributed by atoms with Crippen molar-refractivity contribution in [2.24, 2.45) is 11.0 Å². The molecule has 0 fully saturated rings. The molecule has 0 saturated carbocycles. The molecule has 0 bridgehead atoms. The Labute approximate surface area is 167 Å². The molecule has 2 aromatic carbocycles. The van der Waals surface area contributed by atoms with Crippen LogP contribution in [0.3, 0.4) is 0 Å². The molecule has 0 spiro atoms. The van der Waals surface area contributed by atoms with Crippen LogP contribution in [0.2, 0.25) is 0 Å². The number of nitrogens with zero attached hydrogens (tertiary/aromatic N) is 1. The molecule has 0 aliphatic rings. The van der Waals surface area contributed by atoms with Crippen molar-refractivity contribution in [1.29, 1.82) is 0 Å². The molecule has 0 heterocycles. The summed E-state index contributed by atoms with van der Waals surface area (Å²) in [5.41, 5.74) is 2.38. The summed E-state index contributed by atoms with van der Waals surface area (Å²) in [5.74, 6) is 1.35. The molecule has 2 N–H and O–H groups in total. The monoisotopic (exact) mass is 409 g/mol. The Kier molecular flexibility index (Phi) is 7.80. The van der Waals surface area contributed by atoms with E-state index in [1.807, 2.05) is 24.3 Å². The topological polar surface area (TPSA) is 45.6 Å². The maximum absolute atomic E-state index is 13.0. The summed E-state index contributed by atoms with van der Waals surface area (Å²) in [7, 11) is 0. The van der Waals surface area contributed by atoms with Gasteiger partial charge in [-0.15, -0.1) is 0 Å². The molecule has 28 heavy (non-hydrogen) atoms. The van der Waals surface area contributed by atoms with Gasteiger partial charge in [0.15, 0.2) is 5.11 Å². The van der Waals surface area contributed by atoms with Crippen molar-refractivity contribution in [1.82, 2.24) is 5.43 Å². The van der Waals surface area contributed by atoms with Crippen LogP contribution < -0.4 is 15.5 Å². The van der Waals surface area contributed by atoms with Gasteiger partial charge >= 0.3 is 6.18 Å². The molecule has 150 valence electrons. The molecule has 0 radical (unpaired) electrons. The molecule has 0 saturated heterocycles. The van der Waals surface area contributed by atoms with Crippen LogP contribution in [-0.2, 0) is 6.18 Å². The second kappa shape index (κ2) is 10.1. The van der Waals surface area contributed by atoms with E-state index >= 15 is 0 Å². The van der Waals surface area contributed by atoms with E-state index in [0.29, 0.717) is 12.5 Å². The lowest BCUT2D eigenvalue weighted by molar-refractivity contribution is -0.136. The van der Waals surface area contributed by atoms with E-state index < -0.39 is 11.7 Å². The maximum Gasteiger partial charge on any atom is 0.418 e. The third-order valence-electron chi connectivity index (χ3n) is 3.70. The highest BCUT2D eigenvalue weighted by Crippen LogP contribution is 2.34. The Hall–Kier alpha value is -2.61. The lowest BCUT2D eigenvalue weighted by Gasteiger charge is -2.14. The number of hydrogen-bond donors (Lipinski definition) is 2. The zero-order valence-electron chi connectivity index (χ0n) is 15.6. The predicted octanol–water partition coefficient (Wildman–Crippen LogP) is 5.45. The summed E-state index contributed by atoms with van der Waals surface area (Å²) < 4.78 is 44.6. The number of ether oxygens (including phenoxy) is 1. The van der Waals surface area contributed by atoms with Crippen LogP contribution in [-0.4, -0.2) is 17.9 Å². The standard InChI is InChI=1S/C20H22F3N3OS/c1-14(2)11-12-27-16-9-7-15(8-10-16)13-24-26-19(28)25-18-6-4-3-5-17(18)20(21,22)23/h3-10,13-14H,11-12H2,1-2H3,(H2,25,26,28)/b24-13-. The molecular formula is C20H22F3N3OS. The summed E-state index contributed by atoms with van der Waals surface area (Å²) in [6.07, 6.45) is -1.97. The van der Waals surface area contributed by atoms with Gasteiger partial charge in [-0.2, -0.15) is 18.3 Å². The highest BCUT2D eigenvalue weighted by atomic mass is 32.1. The van der Waals surface area contributed by atoms with E-state index in [1.54, 1.807) is 0 Å².